The van der Waals surface area contributed by atoms with E-state index in [1.54, 1.807) is 12.1 Å². The van der Waals surface area contributed by atoms with Gasteiger partial charge in [0.1, 0.15) is 6.61 Å². The topological polar surface area (TPSA) is 87.1 Å². The third kappa shape index (κ3) is 7.71. The first kappa shape index (κ1) is 21.4. The highest BCUT2D eigenvalue weighted by Crippen LogP contribution is 2.21. The Balaban J connectivity index is 1.77. The molecule has 7 heteroatoms. The zero-order valence-corrected chi connectivity index (χ0v) is 16.0. The quantitative estimate of drug-likeness (QED) is 0.444. The summed E-state index contributed by atoms with van der Waals surface area (Å²) in [7, 11) is 0. The van der Waals surface area contributed by atoms with E-state index in [1.807, 2.05) is 29.2 Å². The minimum Gasteiger partial charge on any atom is -0.480 e. The number of carbonyl (C=O) groups is 2. The first-order chi connectivity index (χ1) is 13.0. The zero-order valence-electron chi connectivity index (χ0n) is 15.2. The van der Waals surface area contributed by atoms with E-state index in [0.717, 1.165) is 18.4 Å². The lowest BCUT2D eigenvalue weighted by Crippen LogP contribution is -2.33. The minimum absolute atomic E-state index is 0.00792. The van der Waals surface area contributed by atoms with Gasteiger partial charge in [-0.1, -0.05) is 35.9 Å². The SMILES string of the molecule is O=C(O)COCCCCN1C(=O)CC[C@@H]1C=C[C@H](O)Cc1cccc(Cl)c1. The molecule has 1 aromatic rings. The van der Waals surface area contributed by atoms with Crippen LogP contribution in [0.4, 0.5) is 0 Å². The summed E-state index contributed by atoms with van der Waals surface area (Å²) >= 11 is 5.96. The maximum atomic E-state index is 12.1. The summed E-state index contributed by atoms with van der Waals surface area (Å²) in [5, 5.41) is 19.4. The Hall–Kier alpha value is -1.89. The molecule has 0 saturated carbocycles. The van der Waals surface area contributed by atoms with Crippen molar-refractivity contribution >= 4 is 23.5 Å². The molecule has 1 aromatic carbocycles. The summed E-state index contributed by atoms with van der Waals surface area (Å²) in [5.74, 6) is -0.869. The summed E-state index contributed by atoms with van der Waals surface area (Å²) in [6.07, 6.45) is 6.19. The van der Waals surface area contributed by atoms with Crippen LogP contribution in [0.5, 0.6) is 0 Å². The number of unbranched alkanes of at least 4 members (excludes halogenated alkanes) is 1. The summed E-state index contributed by atoms with van der Waals surface area (Å²) in [5.41, 5.74) is 0.959. The van der Waals surface area contributed by atoms with Crippen LogP contribution >= 0.6 is 11.6 Å². The lowest BCUT2D eigenvalue weighted by Gasteiger charge is -2.22. The van der Waals surface area contributed by atoms with Crippen LogP contribution in [0.25, 0.3) is 0 Å². The molecule has 0 radical (unpaired) electrons. The molecular weight excluding hydrogens is 370 g/mol. The van der Waals surface area contributed by atoms with Crippen LogP contribution < -0.4 is 0 Å². The number of benzene rings is 1. The van der Waals surface area contributed by atoms with Gasteiger partial charge in [-0.25, -0.2) is 4.79 Å². The summed E-state index contributed by atoms with van der Waals surface area (Å²) in [4.78, 5) is 24.3. The Morgan fingerprint density at radius 2 is 2.22 bits per heavy atom. The number of amides is 1. The number of halogens is 1. The predicted molar refractivity (Wildman–Crippen MR) is 103 cm³/mol. The number of likely N-dealkylation sites (tertiary alicyclic amines) is 1. The Morgan fingerprint density at radius 3 is 2.96 bits per heavy atom. The van der Waals surface area contributed by atoms with Crippen LogP contribution in [0, 0.1) is 0 Å². The maximum absolute atomic E-state index is 12.1. The number of aliphatic hydroxyl groups excluding tert-OH is 1. The van der Waals surface area contributed by atoms with Gasteiger partial charge in [0.05, 0.1) is 12.1 Å². The molecule has 1 aliphatic rings. The number of carboxylic acid groups (broad SMARTS) is 1. The molecule has 1 heterocycles. The number of carboxylic acids is 1. The van der Waals surface area contributed by atoms with Crippen molar-refractivity contribution in [1.82, 2.24) is 4.90 Å². The molecule has 1 amide bonds. The normalized spacial score (nSPS) is 18.4. The Kier molecular flexibility index (Phi) is 8.78. The van der Waals surface area contributed by atoms with Gasteiger partial charge in [0, 0.05) is 31.0 Å². The van der Waals surface area contributed by atoms with Crippen LogP contribution in [0.2, 0.25) is 5.02 Å². The predicted octanol–water partition coefficient (Wildman–Crippen LogP) is 2.67. The minimum atomic E-state index is -0.980. The van der Waals surface area contributed by atoms with Crippen molar-refractivity contribution in [2.45, 2.75) is 44.2 Å². The standard InChI is InChI=1S/C20H26ClNO5/c21-16-5-3-4-15(12-16)13-18(23)8-6-17-7-9-19(24)22(17)10-1-2-11-27-14-20(25)26/h3-6,8,12,17-18,23H,1-2,7,9-11,13-14H2,(H,25,26)/t17-,18-/m0/s1. The van der Waals surface area contributed by atoms with E-state index in [-0.39, 0.29) is 18.6 Å². The van der Waals surface area contributed by atoms with Crippen molar-refractivity contribution in [3.05, 3.63) is 47.0 Å². The number of nitrogens with zero attached hydrogens (tertiary/aromatic N) is 1. The average Bonchev–Trinajstić information content (AvgIpc) is 2.96. The second-order valence-corrected chi connectivity index (χ2v) is 7.07. The largest absolute Gasteiger partial charge is 0.480 e. The van der Waals surface area contributed by atoms with E-state index in [1.165, 1.54) is 0 Å². The molecule has 1 aliphatic heterocycles. The first-order valence-corrected chi connectivity index (χ1v) is 9.53. The molecule has 2 rings (SSSR count). The van der Waals surface area contributed by atoms with Gasteiger partial charge < -0.3 is 19.8 Å². The Bertz CT molecular complexity index is 664. The van der Waals surface area contributed by atoms with Gasteiger partial charge in [0.25, 0.3) is 0 Å². The molecular formula is C20H26ClNO5. The number of aliphatic carboxylic acids is 1. The second-order valence-electron chi connectivity index (χ2n) is 6.63. The number of hydrogen-bond acceptors (Lipinski definition) is 4. The third-order valence-electron chi connectivity index (χ3n) is 4.43. The monoisotopic (exact) mass is 395 g/mol. The number of hydrogen-bond donors (Lipinski definition) is 2. The van der Waals surface area contributed by atoms with Gasteiger partial charge in [0.15, 0.2) is 0 Å². The highest BCUT2D eigenvalue weighted by Gasteiger charge is 2.28. The summed E-state index contributed by atoms with van der Waals surface area (Å²) in [6.45, 7) is 0.681. The van der Waals surface area contributed by atoms with Crippen molar-refractivity contribution in [2.24, 2.45) is 0 Å². The number of carbonyl (C=O) groups excluding carboxylic acids is 1. The highest BCUT2D eigenvalue weighted by atomic mass is 35.5. The van der Waals surface area contributed by atoms with E-state index in [2.05, 4.69) is 0 Å². The zero-order chi connectivity index (χ0) is 19.6. The average molecular weight is 396 g/mol. The van der Waals surface area contributed by atoms with Crippen LogP contribution in [0.1, 0.15) is 31.2 Å². The van der Waals surface area contributed by atoms with Gasteiger partial charge in [-0.2, -0.15) is 0 Å². The van der Waals surface area contributed by atoms with Crippen molar-refractivity contribution in [2.75, 3.05) is 19.8 Å². The van der Waals surface area contributed by atoms with Gasteiger partial charge in [-0.15, -0.1) is 0 Å². The van der Waals surface area contributed by atoms with E-state index in [4.69, 9.17) is 21.4 Å². The van der Waals surface area contributed by atoms with Gasteiger partial charge in [-0.3, -0.25) is 4.79 Å². The maximum Gasteiger partial charge on any atom is 0.329 e. The highest BCUT2D eigenvalue weighted by molar-refractivity contribution is 6.30. The molecule has 0 bridgehead atoms. The summed E-state index contributed by atoms with van der Waals surface area (Å²) < 4.78 is 5.00. The fourth-order valence-electron chi connectivity index (χ4n) is 3.12. The molecule has 0 spiro atoms. The number of ether oxygens (including phenoxy) is 1. The molecule has 1 fully saturated rings. The van der Waals surface area contributed by atoms with Crippen molar-refractivity contribution in [3.8, 4) is 0 Å². The Morgan fingerprint density at radius 1 is 1.41 bits per heavy atom. The molecule has 6 nitrogen and oxygen atoms in total. The van der Waals surface area contributed by atoms with Crippen molar-refractivity contribution in [3.63, 3.8) is 0 Å². The third-order valence-corrected chi connectivity index (χ3v) is 4.66. The fourth-order valence-corrected chi connectivity index (χ4v) is 3.34. The molecule has 0 unspecified atom stereocenters. The van der Waals surface area contributed by atoms with Gasteiger partial charge >= 0.3 is 5.97 Å². The van der Waals surface area contributed by atoms with Gasteiger partial charge in [0.2, 0.25) is 5.91 Å². The van der Waals surface area contributed by atoms with E-state index in [0.29, 0.717) is 37.4 Å². The lowest BCUT2D eigenvalue weighted by molar-refractivity contribution is -0.142. The second kappa shape index (κ2) is 11.1. The van der Waals surface area contributed by atoms with Gasteiger partial charge in [-0.05, 0) is 37.0 Å². The molecule has 0 aromatic heterocycles. The molecule has 0 aliphatic carbocycles. The molecule has 1 saturated heterocycles. The smallest absolute Gasteiger partial charge is 0.329 e. The number of aliphatic hydroxyl groups is 1. The fraction of sp³-hybridized carbons (Fsp3) is 0.500. The molecule has 27 heavy (non-hydrogen) atoms. The lowest BCUT2D eigenvalue weighted by atomic mass is 10.1. The van der Waals surface area contributed by atoms with E-state index in [9.17, 15) is 14.7 Å². The summed E-state index contributed by atoms with van der Waals surface area (Å²) in [6, 6.07) is 7.39. The van der Waals surface area contributed by atoms with Crippen LogP contribution in [0.3, 0.4) is 0 Å². The van der Waals surface area contributed by atoms with Crippen LogP contribution in [0.15, 0.2) is 36.4 Å². The Labute approximate surface area is 164 Å². The van der Waals surface area contributed by atoms with E-state index >= 15 is 0 Å². The first-order valence-electron chi connectivity index (χ1n) is 9.15. The number of rotatable bonds is 11. The molecule has 2 atom stereocenters. The van der Waals surface area contributed by atoms with Crippen molar-refractivity contribution in [1.29, 1.82) is 0 Å². The van der Waals surface area contributed by atoms with Crippen LogP contribution in [-0.4, -0.2) is 58.9 Å². The van der Waals surface area contributed by atoms with E-state index < -0.39 is 12.1 Å². The van der Waals surface area contributed by atoms with Crippen molar-refractivity contribution < 1.29 is 24.5 Å². The van der Waals surface area contributed by atoms with Crippen LogP contribution in [-0.2, 0) is 20.7 Å². The molecule has 148 valence electrons. The molecule has 2 N–H and O–H groups in total.